The minimum Gasteiger partial charge on any atom is -0.496 e. The fourth-order valence-electron chi connectivity index (χ4n) is 2.28. The van der Waals surface area contributed by atoms with Crippen molar-refractivity contribution in [1.29, 1.82) is 0 Å². The maximum Gasteiger partial charge on any atom is 0.341 e. The van der Waals surface area contributed by atoms with Gasteiger partial charge in [0.15, 0.2) is 0 Å². The number of halogens is 2. The Labute approximate surface area is 144 Å². The van der Waals surface area contributed by atoms with Crippen LogP contribution in [0.25, 0.3) is 0 Å². The second-order valence-electron chi connectivity index (χ2n) is 5.27. The van der Waals surface area contributed by atoms with Crippen molar-refractivity contribution in [2.75, 3.05) is 7.11 Å². The quantitative estimate of drug-likeness (QED) is 0.849. The highest BCUT2D eigenvalue weighted by molar-refractivity contribution is 7.91. The number of carbonyl (C=O) groups is 1. The number of nitrogens with one attached hydrogen (secondary N) is 1. The lowest BCUT2D eigenvalue weighted by Crippen LogP contribution is -2.27. The molecule has 134 valence electrons. The lowest BCUT2D eigenvalue weighted by molar-refractivity contribution is 0.0939. The number of para-hydroxylation sites is 1. The molecule has 0 heterocycles. The number of alkyl halides is 2. The van der Waals surface area contributed by atoms with Crippen LogP contribution in [-0.4, -0.2) is 27.2 Å². The monoisotopic (exact) mass is 369 g/mol. The molecule has 0 bridgehead atoms. The predicted octanol–water partition coefficient (Wildman–Crippen LogP) is 3.18. The SMILES string of the molecule is COc1ccccc1C(C)NC(=O)c1ccc(S(=O)(=O)C(F)F)cc1. The molecular formula is C17H17F2NO4S. The Morgan fingerprint density at radius 2 is 1.68 bits per heavy atom. The maximum atomic E-state index is 12.5. The van der Waals surface area contributed by atoms with E-state index in [1.807, 2.05) is 12.1 Å². The van der Waals surface area contributed by atoms with Crippen molar-refractivity contribution in [2.45, 2.75) is 23.6 Å². The van der Waals surface area contributed by atoms with E-state index in [4.69, 9.17) is 4.74 Å². The molecule has 1 unspecified atom stereocenters. The molecule has 1 amide bonds. The predicted molar refractivity (Wildman–Crippen MR) is 88.5 cm³/mol. The summed E-state index contributed by atoms with van der Waals surface area (Å²) in [4.78, 5) is 11.7. The van der Waals surface area contributed by atoms with Gasteiger partial charge in [0.1, 0.15) is 5.75 Å². The molecule has 0 aliphatic carbocycles. The summed E-state index contributed by atoms with van der Waals surface area (Å²) < 4.78 is 53.0. The van der Waals surface area contributed by atoms with Crippen LogP contribution in [0.5, 0.6) is 5.75 Å². The Balaban J connectivity index is 2.16. The van der Waals surface area contributed by atoms with Gasteiger partial charge in [-0.15, -0.1) is 0 Å². The molecule has 0 fully saturated rings. The number of carbonyl (C=O) groups excluding carboxylic acids is 1. The van der Waals surface area contributed by atoms with E-state index in [9.17, 15) is 22.0 Å². The Hall–Kier alpha value is -2.48. The number of methoxy groups -OCH3 is 1. The van der Waals surface area contributed by atoms with Crippen molar-refractivity contribution in [3.63, 3.8) is 0 Å². The Morgan fingerprint density at radius 3 is 2.24 bits per heavy atom. The Bertz CT molecular complexity index is 851. The standard InChI is InChI=1S/C17H17F2NO4S/c1-11(14-5-3-4-6-15(14)24-2)20-16(21)12-7-9-13(10-8-12)25(22,23)17(18)19/h3-11,17H,1-2H3,(H,20,21). The third-order valence-electron chi connectivity index (χ3n) is 3.63. The second-order valence-corrected chi connectivity index (χ2v) is 7.18. The van der Waals surface area contributed by atoms with Crippen LogP contribution in [0.3, 0.4) is 0 Å². The molecule has 2 aromatic carbocycles. The summed E-state index contributed by atoms with van der Waals surface area (Å²) in [7, 11) is -3.15. The minimum absolute atomic E-state index is 0.162. The first-order valence-electron chi connectivity index (χ1n) is 7.33. The number of hydrogen-bond acceptors (Lipinski definition) is 4. The molecular weight excluding hydrogens is 352 g/mol. The van der Waals surface area contributed by atoms with Crippen LogP contribution in [0.2, 0.25) is 0 Å². The van der Waals surface area contributed by atoms with E-state index >= 15 is 0 Å². The van der Waals surface area contributed by atoms with Gasteiger partial charge >= 0.3 is 5.76 Å². The van der Waals surface area contributed by atoms with Crippen LogP contribution < -0.4 is 10.1 Å². The average Bonchev–Trinajstić information content (AvgIpc) is 2.61. The molecule has 0 aliphatic rings. The van der Waals surface area contributed by atoms with Gasteiger partial charge in [0.05, 0.1) is 18.0 Å². The smallest absolute Gasteiger partial charge is 0.341 e. The number of rotatable bonds is 6. The fraction of sp³-hybridized carbons (Fsp3) is 0.235. The normalized spacial score (nSPS) is 12.7. The molecule has 25 heavy (non-hydrogen) atoms. The van der Waals surface area contributed by atoms with Crippen LogP contribution in [0.4, 0.5) is 8.78 Å². The molecule has 0 radical (unpaired) electrons. The summed E-state index contributed by atoms with van der Waals surface area (Å²) in [5.74, 6) is -3.34. The van der Waals surface area contributed by atoms with E-state index in [0.717, 1.165) is 17.7 Å². The van der Waals surface area contributed by atoms with E-state index < -0.39 is 26.4 Å². The third-order valence-corrected chi connectivity index (χ3v) is 5.03. The summed E-state index contributed by atoms with van der Waals surface area (Å²) in [5.41, 5.74) is 0.935. The molecule has 2 aromatic rings. The highest BCUT2D eigenvalue weighted by Gasteiger charge is 2.26. The van der Waals surface area contributed by atoms with Crippen molar-refractivity contribution >= 4 is 15.7 Å². The van der Waals surface area contributed by atoms with Gasteiger partial charge in [-0.25, -0.2) is 8.42 Å². The zero-order valence-corrected chi connectivity index (χ0v) is 14.4. The molecule has 1 atom stereocenters. The average molecular weight is 369 g/mol. The van der Waals surface area contributed by atoms with E-state index in [0.29, 0.717) is 5.75 Å². The maximum absolute atomic E-state index is 12.5. The molecule has 0 saturated heterocycles. The molecule has 0 aromatic heterocycles. The first-order chi connectivity index (χ1) is 11.8. The minimum atomic E-state index is -4.68. The molecule has 0 spiro atoms. The summed E-state index contributed by atoms with van der Waals surface area (Å²) in [5, 5.41) is 2.75. The van der Waals surface area contributed by atoms with Gasteiger partial charge in [0.2, 0.25) is 9.84 Å². The first kappa shape index (κ1) is 18.9. The number of sulfone groups is 1. The summed E-state index contributed by atoms with van der Waals surface area (Å²) in [6, 6.07) is 11.2. The van der Waals surface area contributed by atoms with Crippen LogP contribution >= 0.6 is 0 Å². The zero-order valence-electron chi connectivity index (χ0n) is 13.6. The molecule has 0 aliphatic heterocycles. The van der Waals surface area contributed by atoms with Crippen LogP contribution in [0.1, 0.15) is 28.9 Å². The fourth-order valence-corrected chi connectivity index (χ4v) is 3.00. The molecule has 5 nitrogen and oxygen atoms in total. The molecule has 1 N–H and O–H groups in total. The van der Waals surface area contributed by atoms with E-state index in [1.165, 1.54) is 19.2 Å². The van der Waals surface area contributed by atoms with Crippen LogP contribution in [-0.2, 0) is 9.84 Å². The summed E-state index contributed by atoms with van der Waals surface area (Å²) >= 11 is 0. The largest absolute Gasteiger partial charge is 0.496 e. The molecule has 8 heteroatoms. The second kappa shape index (κ2) is 7.60. The van der Waals surface area contributed by atoms with Gasteiger partial charge < -0.3 is 10.1 Å². The topological polar surface area (TPSA) is 72.5 Å². The number of benzene rings is 2. The van der Waals surface area contributed by atoms with E-state index in [-0.39, 0.29) is 11.6 Å². The van der Waals surface area contributed by atoms with Gasteiger partial charge in [-0.3, -0.25) is 4.79 Å². The van der Waals surface area contributed by atoms with Gasteiger partial charge in [-0.05, 0) is 37.3 Å². The van der Waals surface area contributed by atoms with Gasteiger partial charge in [0, 0.05) is 11.1 Å². The van der Waals surface area contributed by atoms with Crippen molar-refractivity contribution in [3.05, 3.63) is 59.7 Å². The lowest BCUT2D eigenvalue weighted by atomic mass is 10.1. The van der Waals surface area contributed by atoms with Crippen LogP contribution in [0, 0.1) is 0 Å². The third kappa shape index (κ3) is 4.14. The number of hydrogen-bond donors (Lipinski definition) is 1. The molecule has 0 saturated carbocycles. The van der Waals surface area contributed by atoms with Gasteiger partial charge in [-0.1, -0.05) is 18.2 Å². The van der Waals surface area contributed by atoms with Crippen molar-refractivity contribution in [1.82, 2.24) is 5.32 Å². The van der Waals surface area contributed by atoms with Gasteiger partial charge in [-0.2, -0.15) is 8.78 Å². The highest BCUT2D eigenvalue weighted by atomic mass is 32.2. The van der Waals surface area contributed by atoms with Crippen molar-refractivity contribution < 1.29 is 26.7 Å². The Kier molecular flexibility index (Phi) is 5.73. The zero-order chi connectivity index (χ0) is 18.6. The number of ether oxygens (including phenoxy) is 1. The highest BCUT2D eigenvalue weighted by Crippen LogP contribution is 2.25. The van der Waals surface area contributed by atoms with Crippen molar-refractivity contribution in [2.24, 2.45) is 0 Å². The van der Waals surface area contributed by atoms with Crippen molar-refractivity contribution in [3.8, 4) is 5.75 Å². The van der Waals surface area contributed by atoms with Crippen LogP contribution in [0.15, 0.2) is 53.4 Å². The number of amides is 1. The van der Waals surface area contributed by atoms with E-state index in [2.05, 4.69) is 5.32 Å². The van der Waals surface area contributed by atoms with E-state index in [1.54, 1.807) is 19.1 Å². The molecule has 2 rings (SSSR count). The lowest BCUT2D eigenvalue weighted by Gasteiger charge is -2.17. The first-order valence-corrected chi connectivity index (χ1v) is 8.88. The van der Waals surface area contributed by atoms with Gasteiger partial charge in [0.25, 0.3) is 5.91 Å². The Morgan fingerprint density at radius 1 is 1.08 bits per heavy atom. The summed E-state index contributed by atoms with van der Waals surface area (Å²) in [6.45, 7) is 1.77. The summed E-state index contributed by atoms with van der Waals surface area (Å²) in [6.07, 6.45) is 0.